The first kappa shape index (κ1) is 18.1. The molecule has 2 rings (SSSR count). The molecule has 0 fully saturated rings. The van der Waals surface area contributed by atoms with E-state index in [1.165, 1.54) is 6.07 Å². The van der Waals surface area contributed by atoms with Crippen molar-refractivity contribution in [2.45, 2.75) is 46.0 Å². The number of hydrogen-bond donors (Lipinski definition) is 2. The number of amides is 1. The van der Waals surface area contributed by atoms with Crippen LogP contribution in [0, 0.1) is 19.7 Å². The molecule has 0 saturated heterocycles. The van der Waals surface area contributed by atoms with E-state index in [2.05, 4.69) is 10.4 Å². The second kappa shape index (κ2) is 8.59. The van der Waals surface area contributed by atoms with Crippen LogP contribution in [0.15, 0.2) is 24.3 Å². The van der Waals surface area contributed by atoms with Crippen LogP contribution in [0.25, 0.3) is 5.69 Å². The Morgan fingerprint density at radius 2 is 1.96 bits per heavy atom. The summed E-state index contributed by atoms with van der Waals surface area (Å²) in [5, 5.41) is 7.02. The molecule has 0 bridgehead atoms. The van der Waals surface area contributed by atoms with Gasteiger partial charge in [-0.1, -0.05) is 12.8 Å². The average Bonchev–Trinajstić information content (AvgIpc) is 2.85. The fourth-order valence-corrected chi connectivity index (χ4v) is 2.64. The van der Waals surface area contributed by atoms with Crippen LogP contribution in [0.4, 0.5) is 10.1 Å². The number of anilines is 1. The summed E-state index contributed by atoms with van der Waals surface area (Å²) in [6, 6.07) is 6.55. The zero-order valence-electron chi connectivity index (χ0n) is 14.3. The lowest BCUT2D eigenvalue weighted by molar-refractivity contribution is -0.116. The molecule has 0 atom stereocenters. The van der Waals surface area contributed by atoms with Crippen molar-refractivity contribution in [3.05, 3.63) is 41.5 Å². The van der Waals surface area contributed by atoms with Crippen LogP contribution in [0.1, 0.15) is 43.5 Å². The molecule has 3 N–H and O–H groups in total. The van der Waals surface area contributed by atoms with E-state index < -0.39 is 5.82 Å². The molecule has 1 aromatic carbocycles. The normalized spacial score (nSPS) is 10.8. The number of nitrogens with one attached hydrogen (secondary N) is 1. The van der Waals surface area contributed by atoms with Crippen LogP contribution in [0.5, 0.6) is 0 Å². The molecular weight excluding hydrogens is 307 g/mol. The van der Waals surface area contributed by atoms with Crippen LogP contribution >= 0.6 is 0 Å². The van der Waals surface area contributed by atoms with E-state index in [9.17, 15) is 9.18 Å². The van der Waals surface area contributed by atoms with Gasteiger partial charge in [0, 0.05) is 17.8 Å². The Morgan fingerprint density at radius 3 is 2.58 bits per heavy atom. The van der Waals surface area contributed by atoms with Crippen molar-refractivity contribution in [3.8, 4) is 5.69 Å². The third-order valence-corrected chi connectivity index (χ3v) is 3.83. The molecule has 1 aromatic heterocycles. The van der Waals surface area contributed by atoms with E-state index in [4.69, 9.17) is 5.73 Å². The number of aryl methyl sites for hydroxylation is 2. The number of nitrogens with zero attached hydrogens (tertiary/aromatic N) is 2. The summed E-state index contributed by atoms with van der Waals surface area (Å²) >= 11 is 0. The van der Waals surface area contributed by atoms with E-state index >= 15 is 0 Å². The molecule has 0 aliphatic heterocycles. The number of nitrogens with two attached hydrogens (primary N) is 1. The fourth-order valence-electron chi connectivity index (χ4n) is 2.64. The SMILES string of the molecule is Cc1cc(C)n(-c2ccc(NC(=O)CCCCCCN)cc2F)n1. The van der Waals surface area contributed by atoms with E-state index in [0.29, 0.717) is 24.3 Å². The molecule has 2 aromatic rings. The lowest BCUT2D eigenvalue weighted by Crippen LogP contribution is -2.12. The maximum Gasteiger partial charge on any atom is 0.224 e. The number of carbonyl (C=O) groups is 1. The number of carbonyl (C=O) groups excluding carboxylic acids is 1. The van der Waals surface area contributed by atoms with E-state index in [1.54, 1.807) is 16.8 Å². The number of aromatic nitrogens is 2. The van der Waals surface area contributed by atoms with Gasteiger partial charge in [-0.05, 0) is 57.5 Å². The van der Waals surface area contributed by atoms with E-state index in [0.717, 1.165) is 37.1 Å². The molecule has 0 aliphatic carbocycles. The van der Waals surface area contributed by atoms with Gasteiger partial charge in [0.1, 0.15) is 5.69 Å². The highest BCUT2D eigenvalue weighted by atomic mass is 19.1. The first-order valence-electron chi connectivity index (χ1n) is 8.34. The third kappa shape index (κ3) is 4.89. The van der Waals surface area contributed by atoms with Crippen molar-refractivity contribution >= 4 is 11.6 Å². The Labute approximate surface area is 142 Å². The highest BCUT2D eigenvalue weighted by molar-refractivity contribution is 5.90. The summed E-state index contributed by atoms with van der Waals surface area (Å²) in [6.07, 6.45) is 4.26. The molecule has 0 saturated carbocycles. The Kier molecular flexibility index (Phi) is 6.49. The van der Waals surface area contributed by atoms with Gasteiger partial charge in [0.25, 0.3) is 0 Å². The summed E-state index contributed by atoms with van der Waals surface area (Å²) in [5.41, 5.74) is 7.96. The number of hydrogen-bond acceptors (Lipinski definition) is 3. The standard InChI is InChI=1S/C18H25FN4O/c1-13-11-14(2)23(22-13)17-9-8-15(12-16(17)19)21-18(24)7-5-3-4-6-10-20/h8-9,11-12H,3-7,10,20H2,1-2H3,(H,21,24). The van der Waals surface area contributed by atoms with Crippen molar-refractivity contribution in [2.75, 3.05) is 11.9 Å². The predicted molar refractivity (Wildman–Crippen MR) is 93.8 cm³/mol. The zero-order valence-corrected chi connectivity index (χ0v) is 14.3. The summed E-state index contributed by atoms with van der Waals surface area (Å²) < 4.78 is 15.9. The van der Waals surface area contributed by atoms with Crippen LogP contribution in [-0.4, -0.2) is 22.2 Å². The number of unbranched alkanes of at least 4 members (excludes halogenated alkanes) is 3. The molecule has 24 heavy (non-hydrogen) atoms. The van der Waals surface area contributed by atoms with Gasteiger partial charge in [0.05, 0.1) is 5.69 Å². The second-order valence-electron chi connectivity index (χ2n) is 6.01. The van der Waals surface area contributed by atoms with E-state index in [-0.39, 0.29) is 5.91 Å². The highest BCUT2D eigenvalue weighted by Crippen LogP contribution is 2.20. The molecule has 1 heterocycles. The monoisotopic (exact) mass is 332 g/mol. The van der Waals surface area contributed by atoms with Crippen molar-refractivity contribution in [1.82, 2.24) is 9.78 Å². The Morgan fingerprint density at radius 1 is 1.21 bits per heavy atom. The van der Waals surface area contributed by atoms with Crippen LogP contribution in [0.2, 0.25) is 0 Å². The van der Waals surface area contributed by atoms with Crippen LogP contribution in [0.3, 0.4) is 0 Å². The zero-order chi connectivity index (χ0) is 17.5. The molecular formula is C18H25FN4O. The van der Waals surface area contributed by atoms with Gasteiger partial charge in [0.15, 0.2) is 5.82 Å². The first-order valence-corrected chi connectivity index (χ1v) is 8.34. The summed E-state index contributed by atoms with van der Waals surface area (Å²) in [6.45, 7) is 4.43. The molecule has 130 valence electrons. The lowest BCUT2D eigenvalue weighted by Gasteiger charge is -2.09. The number of benzene rings is 1. The topological polar surface area (TPSA) is 72.9 Å². The lowest BCUT2D eigenvalue weighted by atomic mass is 10.1. The Bertz CT molecular complexity index is 696. The quantitative estimate of drug-likeness (QED) is 0.727. The minimum absolute atomic E-state index is 0.0963. The van der Waals surface area contributed by atoms with Gasteiger partial charge < -0.3 is 11.1 Å². The van der Waals surface area contributed by atoms with Crippen molar-refractivity contribution in [1.29, 1.82) is 0 Å². The molecule has 5 nitrogen and oxygen atoms in total. The minimum atomic E-state index is -0.415. The first-order chi connectivity index (χ1) is 11.5. The maximum absolute atomic E-state index is 14.3. The van der Waals surface area contributed by atoms with E-state index in [1.807, 2.05) is 19.9 Å². The molecule has 6 heteroatoms. The van der Waals surface area contributed by atoms with Crippen LogP contribution < -0.4 is 11.1 Å². The molecule has 1 amide bonds. The third-order valence-electron chi connectivity index (χ3n) is 3.83. The highest BCUT2D eigenvalue weighted by Gasteiger charge is 2.11. The largest absolute Gasteiger partial charge is 0.330 e. The number of rotatable bonds is 8. The Balaban J connectivity index is 1.95. The summed E-state index contributed by atoms with van der Waals surface area (Å²) in [7, 11) is 0. The summed E-state index contributed by atoms with van der Waals surface area (Å²) in [5.74, 6) is -0.511. The average molecular weight is 332 g/mol. The van der Waals surface area contributed by atoms with Gasteiger partial charge in [-0.15, -0.1) is 0 Å². The molecule has 0 radical (unpaired) electrons. The smallest absolute Gasteiger partial charge is 0.224 e. The van der Waals surface area contributed by atoms with Gasteiger partial charge in [-0.3, -0.25) is 4.79 Å². The predicted octanol–water partition coefficient (Wildman–Crippen LogP) is 3.48. The van der Waals surface area contributed by atoms with Crippen molar-refractivity contribution < 1.29 is 9.18 Å². The second-order valence-corrected chi connectivity index (χ2v) is 6.01. The fraction of sp³-hybridized carbons (Fsp3) is 0.444. The van der Waals surface area contributed by atoms with Crippen molar-refractivity contribution in [2.24, 2.45) is 5.73 Å². The molecule has 0 spiro atoms. The molecule has 0 unspecified atom stereocenters. The van der Waals surface area contributed by atoms with Gasteiger partial charge >= 0.3 is 0 Å². The minimum Gasteiger partial charge on any atom is -0.330 e. The number of halogens is 1. The Hall–Kier alpha value is -2.21. The van der Waals surface area contributed by atoms with Gasteiger partial charge in [-0.25, -0.2) is 9.07 Å². The summed E-state index contributed by atoms with van der Waals surface area (Å²) in [4.78, 5) is 11.9. The maximum atomic E-state index is 14.3. The van der Waals surface area contributed by atoms with Crippen molar-refractivity contribution in [3.63, 3.8) is 0 Å². The molecule has 0 aliphatic rings. The van der Waals surface area contributed by atoms with Gasteiger partial charge in [-0.2, -0.15) is 5.10 Å². The van der Waals surface area contributed by atoms with Gasteiger partial charge in [0.2, 0.25) is 5.91 Å². The van der Waals surface area contributed by atoms with Crippen LogP contribution in [-0.2, 0) is 4.79 Å².